The highest BCUT2D eigenvalue weighted by atomic mass is 16.5. The van der Waals surface area contributed by atoms with Gasteiger partial charge in [0.1, 0.15) is 0 Å². The predicted octanol–water partition coefficient (Wildman–Crippen LogP) is 3.53. The summed E-state index contributed by atoms with van der Waals surface area (Å²) in [6, 6.07) is 7.91. The lowest BCUT2D eigenvalue weighted by atomic mass is 9.87. The van der Waals surface area contributed by atoms with Gasteiger partial charge in [0.15, 0.2) is 0 Å². The fourth-order valence-electron chi connectivity index (χ4n) is 2.67. The average molecular weight is 276 g/mol. The Morgan fingerprint density at radius 3 is 2.65 bits per heavy atom. The molecule has 0 bridgehead atoms. The number of rotatable bonds is 4. The highest BCUT2D eigenvalue weighted by Crippen LogP contribution is 2.23. The van der Waals surface area contributed by atoms with Crippen molar-refractivity contribution in [2.24, 2.45) is 5.92 Å². The lowest BCUT2D eigenvalue weighted by molar-refractivity contribution is 0.185. The summed E-state index contributed by atoms with van der Waals surface area (Å²) in [6.45, 7) is 2.77. The molecule has 1 aromatic carbocycles. The van der Waals surface area contributed by atoms with E-state index in [4.69, 9.17) is 4.74 Å². The second-order valence-corrected chi connectivity index (χ2v) is 5.65. The molecule has 4 heteroatoms. The molecule has 0 atom stereocenters. The number of urea groups is 1. The molecule has 1 aliphatic carbocycles. The van der Waals surface area contributed by atoms with Crippen LogP contribution >= 0.6 is 0 Å². The highest BCUT2D eigenvalue weighted by molar-refractivity contribution is 5.90. The molecule has 0 aromatic heterocycles. The molecule has 0 unspecified atom stereocenters. The van der Waals surface area contributed by atoms with Gasteiger partial charge in [0, 0.05) is 24.4 Å². The lowest BCUT2D eigenvalue weighted by Crippen LogP contribution is -2.40. The average Bonchev–Trinajstić information content (AvgIpc) is 2.44. The summed E-state index contributed by atoms with van der Waals surface area (Å²) in [4.78, 5) is 12.1. The number of hydrogen-bond acceptors (Lipinski definition) is 2. The molecule has 2 N–H and O–H groups in total. The quantitative estimate of drug-likeness (QED) is 0.883. The van der Waals surface area contributed by atoms with Gasteiger partial charge in [-0.1, -0.05) is 25.1 Å². The zero-order valence-electron chi connectivity index (χ0n) is 12.3. The van der Waals surface area contributed by atoms with E-state index in [9.17, 15) is 4.79 Å². The van der Waals surface area contributed by atoms with Crippen LogP contribution in [0.5, 0.6) is 0 Å². The van der Waals surface area contributed by atoms with E-state index < -0.39 is 0 Å². The van der Waals surface area contributed by atoms with Gasteiger partial charge >= 0.3 is 6.03 Å². The third kappa shape index (κ3) is 4.23. The summed E-state index contributed by atoms with van der Waals surface area (Å²) in [5.41, 5.74) is 1.80. The van der Waals surface area contributed by atoms with Crippen molar-refractivity contribution in [3.8, 4) is 0 Å². The topological polar surface area (TPSA) is 50.4 Å². The summed E-state index contributed by atoms with van der Waals surface area (Å²) in [5, 5.41) is 5.99. The molecule has 0 heterocycles. The fourth-order valence-corrected chi connectivity index (χ4v) is 2.67. The first-order valence-corrected chi connectivity index (χ1v) is 7.33. The van der Waals surface area contributed by atoms with Crippen LogP contribution in [0.15, 0.2) is 24.3 Å². The molecule has 20 heavy (non-hydrogen) atoms. The standard InChI is InChI=1S/C16H24N2O2/c1-12-7-9-14(10-8-12)17-16(19)18-15-6-4-3-5-13(15)11-20-2/h3-6,12,14H,7-11H2,1-2H3,(H2,17,18,19). The largest absolute Gasteiger partial charge is 0.380 e. The summed E-state index contributed by atoms with van der Waals surface area (Å²) in [6.07, 6.45) is 4.55. The molecule has 110 valence electrons. The molecule has 0 saturated heterocycles. The zero-order chi connectivity index (χ0) is 14.4. The number of nitrogens with one attached hydrogen (secondary N) is 2. The van der Waals surface area contributed by atoms with Gasteiger partial charge < -0.3 is 15.4 Å². The number of ether oxygens (including phenoxy) is 1. The third-order valence-corrected chi connectivity index (χ3v) is 3.92. The van der Waals surface area contributed by atoms with Crippen LogP contribution in [0.3, 0.4) is 0 Å². The third-order valence-electron chi connectivity index (χ3n) is 3.92. The predicted molar refractivity (Wildman–Crippen MR) is 80.7 cm³/mol. The lowest BCUT2D eigenvalue weighted by Gasteiger charge is -2.27. The summed E-state index contributed by atoms with van der Waals surface area (Å²) in [7, 11) is 1.65. The zero-order valence-corrected chi connectivity index (χ0v) is 12.3. The van der Waals surface area contributed by atoms with Crippen LogP contribution in [0.2, 0.25) is 0 Å². The van der Waals surface area contributed by atoms with Crippen molar-refractivity contribution < 1.29 is 9.53 Å². The maximum atomic E-state index is 12.1. The fraction of sp³-hybridized carbons (Fsp3) is 0.562. The van der Waals surface area contributed by atoms with Gasteiger partial charge in [-0.05, 0) is 37.7 Å². The number of amides is 2. The van der Waals surface area contributed by atoms with Crippen LogP contribution in [0, 0.1) is 5.92 Å². The first kappa shape index (κ1) is 14.9. The Labute approximate surface area is 120 Å². The van der Waals surface area contributed by atoms with Gasteiger partial charge in [-0.3, -0.25) is 0 Å². The van der Waals surface area contributed by atoms with Crippen molar-refractivity contribution in [3.63, 3.8) is 0 Å². The molecule has 1 aliphatic rings. The van der Waals surface area contributed by atoms with E-state index in [1.165, 1.54) is 12.8 Å². The first-order chi connectivity index (χ1) is 9.69. The molecule has 4 nitrogen and oxygen atoms in total. The summed E-state index contributed by atoms with van der Waals surface area (Å²) >= 11 is 0. The van der Waals surface area contributed by atoms with Crippen LogP contribution in [0.1, 0.15) is 38.2 Å². The molecule has 1 saturated carbocycles. The van der Waals surface area contributed by atoms with E-state index in [1.807, 2.05) is 24.3 Å². The highest BCUT2D eigenvalue weighted by Gasteiger charge is 2.19. The number of carbonyl (C=O) groups is 1. The minimum absolute atomic E-state index is 0.117. The van der Waals surface area contributed by atoms with Crippen molar-refractivity contribution in [2.75, 3.05) is 12.4 Å². The molecule has 0 spiro atoms. The monoisotopic (exact) mass is 276 g/mol. The number of benzene rings is 1. The summed E-state index contributed by atoms with van der Waals surface area (Å²) < 4.78 is 5.14. The van der Waals surface area contributed by atoms with Crippen molar-refractivity contribution in [1.82, 2.24) is 5.32 Å². The molecular formula is C16H24N2O2. The number of para-hydroxylation sites is 1. The minimum Gasteiger partial charge on any atom is -0.380 e. The van der Waals surface area contributed by atoms with E-state index in [0.717, 1.165) is 30.0 Å². The second kappa shape index (κ2) is 7.29. The Morgan fingerprint density at radius 1 is 1.25 bits per heavy atom. The molecule has 2 rings (SSSR count). The Kier molecular flexibility index (Phi) is 5.41. The Bertz CT molecular complexity index is 440. The SMILES string of the molecule is COCc1ccccc1NC(=O)NC1CCC(C)CC1. The molecular weight excluding hydrogens is 252 g/mol. The molecule has 1 aromatic rings. The number of methoxy groups -OCH3 is 1. The van der Waals surface area contributed by atoms with Crippen molar-refractivity contribution >= 4 is 11.7 Å². The number of carbonyl (C=O) groups excluding carboxylic acids is 1. The van der Waals surface area contributed by atoms with E-state index in [1.54, 1.807) is 7.11 Å². The van der Waals surface area contributed by atoms with E-state index in [2.05, 4.69) is 17.6 Å². The Hall–Kier alpha value is -1.55. The van der Waals surface area contributed by atoms with Crippen LogP contribution in [0.4, 0.5) is 10.5 Å². The normalized spacial score (nSPS) is 22.3. The first-order valence-electron chi connectivity index (χ1n) is 7.33. The molecule has 0 aliphatic heterocycles. The van der Waals surface area contributed by atoms with E-state index in [-0.39, 0.29) is 6.03 Å². The molecule has 0 radical (unpaired) electrons. The van der Waals surface area contributed by atoms with Gasteiger partial charge in [0.25, 0.3) is 0 Å². The van der Waals surface area contributed by atoms with Gasteiger partial charge in [-0.2, -0.15) is 0 Å². The second-order valence-electron chi connectivity index (χ2n) is 5.65. The van der Waals surface area contributed by atoms with Crippen molar-refractivity contribution in [1.29, 1.82) is 0 Å². The van der Waals surface area contributed by atoms with Crippen LogP contribution < -0.4 is 10.6 Å². The maximum absolute atomic E-state index is 12.1. The van der Waals surface area contributed by atoms with Crippen molar-refractivity contribution in [2.45, 2.75) is 45.3 Å². The van der Waals surface area contributed by atoms with Crippen LogP contribution in [-0.2, 0) is 11.3 Å². The molecule has 1 fully saturated rings. The van der Waals surface area contributed by atoms with Crippen LogP contribution in [-0.4, -0.2) is 19.2 Å². The van der Waals surface area contributed by atoms with Gasteiger partial charge in [0.2, 0.25) is 0 Å². The van der Waals surface area contributed by atoms with Crippen LogP contribution in [0.25, 0.3) is 0 Å². The van der Waals surface area contributed by atoms with Gasteiger partial charge in [0.05, 0.1) is 6.61 Å². The van der Waals surface area contributed by atoms with E-state index >= 15 is 0 Å². The number of hydrogen-bond donors (Lipinski definition) is 2. The minimum atomic E-state index is -0.117. The summed E-state index contributed by atoms with van der Waals surface area (Å²) in [5.74, 6) is 0.790. The number of anilines is 1. The Balaban J connectivity index is 1.88. The smallest absolute Gasteiger partial charge is 0.319 e. The Morgan fingerprint density at radius 2 is 1.95 bits per heavy atom. The molecule has 2 amide bonds. The van der Waals surface area contributed by atoms with E-state index in [0.29, 0.717) is 12.6 Å². The maximum Gasteiger partial charge on any atom is 0.319 e. The van der Waals surface area contributed by atoms with Gasteiger partial charge in [-0.25, -0.2) is 4.79 Å². The van der Waals surface area contributed by atoms with Crippen molar-refractivity contribution in [3.05, 3.63) is 29.8 Å². The van der Waals surface area contributed by atoms with Gasteiger partial charge in [-0.15, -0.1) is 0 Å².